The number of hydrogen-bond acceptors (Lipinski definition) is 4. The van der Waals surface area contributed by atoms with Crippen molar-refractivity contribution in [3.63, 3.8) is 0 Å². The molecule has 82 valence electrons. The summed E-state index contributed by atoms with van der Waals surface area (Å²) < 4.78 is 0. The van der Waals surface area contributed by atoms with Crippen molar-refractivity contribution in [3.05, 3.63) is 47.7 Å². The molecule has 0 bridgehead atoms. The minimum absolute atomic E-state index is 0.726. The number of pyridine rings is 1. The van der Waals surface area contributed by atoms with Gasteiger partial charge in [-0.05, 0) is 31.5 Å². The lowest BCUT2D eigenvalue weighted by Crippen LogP contribution is -2.03. The zero-order valence-corrected chi connectivity index (χ0v) is 9.44. The van der Waals surface area contributed by atoms with E-state index >= 15 is 0 Å². The van der Waals surface area contributed by atoms with E-state index in [1.807, 2.05) is 32.2 Å². The Labute approximate surface area is 94.8 Å². The van der Waals surface area contributed by atoms with Gasteiger partial charge in [0.2, 0.25) is 0 Å². The van der Waals surface area contributed by atoms with E-state index in [9.17, 15) is 0 Å². The molecular weight excluding hydrogens is 200 g/mol. The van der Waals surface area contributed by atoms with E-state index in [2.05, 4.69) is 26.3 Å². The number of anilines is 1. The summed E-state index contributed by atoms with van der Waals surface area (Å²) in [6, 6.07) is 5.92. The third-order valence-electron chi connectivity index (χ3n) is 2.22. The van der Waals surface area contributed by atoms with Gasteiger partial charge in [0.25, 0.3) is 0 Å². The maximum absolute atomic E-state index is 4.26. The van der Waals surface area contributed by atoms with Crippen LogP contribution in [0.25, 0.3) is 0 Å². The predicted molar refractivity (Wildman–Crippen MR) is 63.1 cm³/mol. The molecule has 0 saturated carbocycles. The van der Waals surface area contributed by atoms with Crippen molar-refractivity contribution >= 4 is 5.82 Å². The summed E-state index contributed by atoms with van der Waals surface area (Å²) in [6.45, 7) is 4.58. The van der Waals surface area contributed by atoms with Gasteiger partial charge in [-0.25, -0.2) is 9.97 Å². The number of rotatable bonds is 3. The van der Waals surface area contributed by atoms with Crippen molar-refractivity contribution in [1.82, 2.24) is 15.0 Å². The second kappa shape index (κ2) is 4.70. The van der Waals surface area contributed by atoms with Crippen molar-refractivity contribution < 1.29 is 0 Å². The summed E-state index contributed by atoms with van der Waals surface area (Å²) in [5, 5.41) is 3.23. The molecule has 4 nitrogen and oxygen atoms in total. The van der Waals surface area contributed by atoms with Crippen molar-refractivity contribution in [2.24, 2.45) is 0 Å². The predicted octanol–water partition coefficient (Wildman–Crippen LogP) is 2.10. The zero-order chi connectivity index (χ0) is 11.4. The fourth-order valence-electron chi connectivity index (χ4n) is 1.35. The Balaban J connectivity index is 1.99. The van der Waals surface area contributed by atoms with Crippen LogP contribution in [0.4, 0.5) is 5.82 Å². The maximum atomic E-state index is 4.26. The second-order valence-corrected chi connectivity index (χ2v) is 3.65. The first-order valence-corrected chi connectivity index (χ1v) is 5.19. The third kappa shape index (κ3) is 2.76. The average molecular weight is 214 g/mol. The van der Waals surface area contributed by atoms with Crippen LogP contribution < -0.4 is 5.32 Å². The van der Waals surface area contributed by atoms with E-state index in [4.69, 9.17) is 0 Å². The fourth-order valence-corrected chi connectivity index (χ4v) is 1.35. The smallest absolute Gasteiger partial charge is 0.129 e. The molecule has 16 heavy (non-hydrogen) atoms. The van der Waals surface area contributed by atoms with Gasteiger partial charge in [-0.1, -0.05) is 6.07 Å². The van der Waals surface area contributed by atoms with Crippen LogP contribution in [0.5, 0.6) is 0 Å². The SMILES string of the molecule is Cc1ccc(CNc2ccnc(C)n2)cn1. The number of hydrogen-bond donors (Lipinski definition) is 1. The number of nitrogens with one attached hydrogen (secondary N) is 1. The van der Waals surface area contributed by atoms with E-state index in [0.29, 0.717) is 0 Å². The number of nitrogens with zero attached hydrogens (tertiary/aromatic N) is 3. The van der Waals surface area contributed by atoms with Gasteiger partial charge in [0.1, 0.15) is 11.6 Å². The largest absolute Gasteiger partial charge is 0.366 e. The van der Waals surface area contributed by atoms with Gasteiger partial charge in [0, 0.05) is 24.6 Å². The minimum Gasteiger partial charge on any atom is -0.366 e. The monoisotopic (exact) mass is 214 g/mol. The quantitative estimate of drug-likeness (QED) is 0.850. The van der Waals surface area contributed by atoms with E-state index in [0.717, 1.165) is 29.4 Å². The Hall–Kier alpha value is -1.97. The molecule has 1 N–H and O–H groups in total. The molecule has 0 amide bonds. The van der Waals surface area contributed by atoms with Gasteiger partial charge in [-0.2, -0.15) is 0 Å². The summed E-state index contributed by atoms with van der Waals surface area (Å²) in [4.78, 5) is 12.5. The third-order valence-corrected chi connectivity index (χ3v) is 2.22. The lowest BCUT2D eigenvalue weighted by atomic mass is 10.2. The second-order valence-electron chi connectivity index (χ2n) is 3.65. The van der Waals surface area contributed by atoms with Crippen LogP contribution in [0.15, 0.2) is 30.6 Å². The van der Waals surface area contributed by atoms with Crippen LogP contribution in [-0.4, -0.2) is 15.0 Å². The Morgan fingerprint density at radius 1 is 1.12 bits per heavy atom. The summed E-state index contributed by atoms with van der Waals surface area (Å²) in [6.07, 6.45) is 3.62. The highest BCUT2D eigenvalue weighted by Crippen LogP contribution is 2.05. The molecular formula is C12H14N4. The van der Waals surface area contributed by atoms with Crippen LogP contribution in [0.3, 0.4) is 0 Å². The summed E-state index contributed by atoms with van der Waals surface area (Å²) in [5.74, 6) is 1.61. The van der Waals surface area contributed by atoms with Crippen molar-refractivity contribution in [3.8, 4) is 0 Å². The van der Waals surface area contributed by atoms with Crippen molar-refractivity contribution in [2.45, 2.75) is 20.4 Å². The molecule has 2 aromatic heterocycles. The Kier molecular flexibility index (Phi) is 3.10. The van der Waals surface area contributed by atoms with Crippen LogP contribution in [-0.2, 0) is 6.54 Å². The molecule has 0 aromatic carbocycles. The van der Waals surface area contributed by atoms with Gasteiger partial charge in [0.05, 0.1) is 0 Å². The van der Waals surface area contributed by atoms with Gasteiger partial charge in [-0.3, -0.25) is 4.98 Å². The highest BCUT2D eigenvalue weighted by Gasteiger charge is 1.96. The van der Waals surface area contributed by atoms with Crippen LogP contribution >= 0.6 is 0 Å². The molecule has 2 aromatic rings. The first-order chi connectivity index (χ1) is 7.74. The molecule has 0 atom stereocenters. The topological polar surface area (TPSA) is 50.7 Å². The molecule has 0 fully saturated rings. The molecule has 2 rings (SSSR count). The number of aryl methyl sites for hydroxylation is 2. The van der Waals surface area contributed by atoms with Gasteiger partial charge >= 0.3 is 0 Å². The normalized spacial score (nSPS) is 10.1. The minimum atomic E-state index is 0.726. The highest BCUT2D eigenvalue weighted by molar-refractivity contribution is 5.34. The Bertz CT molecular complexity index is 465. The van der Waals surface area contributed by atoms with E-state index in [1.165, 1.54) is 0 Å². The molecule has 4 heteroatoms. The van der Waals surface area contributed by atoms with Crippen molar-refractivity contribution in [1.29, 1.82) is 0 Å². The van der Waals surface area contributed by atoms with Crippen LogP contribution in [0.1, 0.15) is 17.1 Å². The molecule has 0 aliphatic carbocycles. The highest BCUT2D eigenvalue weighted by atomic mass is 15.0. The van der Waals surface area contributed by atoms with Gasteiger partial charge in [-0.15, -0.1) is 0 Å². The van der Waals surface area contributed by atoms with Crippen molar-refractivity contribution in [2.75, 3.05) is 5.32 Å². The van der Waals surface area contributed by atoms with E-state index in [-0.39, 0.29) is 0 Å². The fraction of sp³-hybridized carbons (Fsp3) is 0.250. The maximum Gasteiger partial charge on any atom is 0.129 e. The average Bonchev–Trinajstić information content (AvgIpc) is 2.28. The molecule has 2 heterocycles. The van der Waals surface area contributed by atoms with E-state index < -0.39 is 0 Å². The summed E-state index contributed by atoms with van der Waals surface area (Å²) in [7, 11) is 0. The Morgan fingerprint density at radius 3 is 2.69 bits per heavy atom. The molecule has 0 radical (unpaired) electrons. The zero-order valence-electron chi connectivity index (χ0n) is 9.44. The van der Waals surface area contributed by atoms with Gasteiger partial charge < -0.3 is 5.32 Å². The first-order valence-electron chi connectivity index (χ1n) is 5.19. The van der Waals surface area contributed by atoms with Gasteiger partial charge in [0.15, 0.2) is 0 Å². The molecule has 0 unspecified atom stereocenters. The Morgan fingerprint density at radius 2 is 2.00 bits per heavy atom. The lowest BCUT2D eigenvalue weighted by molar-refractivity contribution is 1.01. The summed E-state index contributed by atoms with van der Waals surface area (Å²) >= 11 is 0. The molecule has 0 saturated heterocycles. The molecule has 0 aliphatic rings. The lowest BCUT2D eigenvalue weighted by Gasteiger charge is -2.05. The summed E-state index contributed by atoms with van der Waals surface area (Å²) in [5.41, 5.74) is 2.17. The standard InChI is InChI=1S/C12H14N4/c1-9-3-4-11(7-14-9)8-15-12-5-6-13-10(2)16-12/h3-7H,8H2,1-2H3,(H,13,15,16). The molecule has 0 aliphatic heterocycles. The molecule has 0 spiro atoms. The van der Waals surface area contributed by atoms with Crippen LogP contribution in [0.2, 0.25) is 0 Å². The number of aromatic nitrogens is 3. The van der Waals surface area contributed by atoms with E-state index in [1.54, 1.807) is 6.20 Å². The van der Waals surface area contributed by atoms with Crippen LogP contribution in [0, 0.1) is 13.8 Å². The first kappa shape index (κ1) is 10.5.